The van der Waals surface area contributed by atoms with Crippen LogP contribution in [0.25, 0.3) is 21.9 Å². The van der Waals surface area contributed by atoms with E-state index in [0.29, 0.717) is 150 Å². The van der Waals surface area contributed by atoms with Crippen molar-refractivity contribution in [2.45, 2.75) is 64.8 Å². The van der Waals surface area contributed by atoms with Crippen LogP contribution < -0.4 is 11.1 Å². The standard InChI is InChI=1S/C48H79N5O18S/c1-2-3-10-43-52-45-46(41-8-4-5-9-42(41)51-47(45)49)53(43)14-7-6-13-50-48(57)39(38-72(58,59)60)37-40(54)11-15-61-17-19-63-21-23-65-25-27-67-29-31-69-33-35-71-36-34-70-32-30-68-28-26-66-24-22-64-20-18-62-16-12-44(55)56/h4-5,8-9,39H,2-3,6-7,10-38H2,1H3,(H2,49,51)(H,50,57)(H,55,56)(H,58,59,60)/t39-/m0/s1. The van der Waals surface area contributed by atoms with Crippen molar-refractivity contribution in [3.05, 3.63) is 30.1 Å². The van der Waals surface area contributed by atoms with Gasteiger partial charge >= 0.3 is 5.97 Å². The molecular weight excluding hydrogens is 967 g/mol. The van der Waals surface area contributed by atoms with Crippen LogP contribution in [-0.2, 0) is 89.6 Å². The lowest BCUT2D eigenvalue weighted by Gasteiger charge is -2.15. The van der Waals surface area contributed by atoms with Gasteiger partial charge in [-0.1, -0.05) is 31.5 Å². The number of carbonyl (C=O) groups is 3. The average molecular weight is 1050 g/mol. The van der Waals surface area contributed by atoms with Crippen LogP contribution in [0.5, 0.6) is 0 Å². The molecule has 0 saturated carbocycles. The third-order valence-electron chi connectivity index (χ3n) is 10.5. The van der Waals surface area contributed by atoms with Crippen LogP contribution in [0.2, 0.25) is 0 Å². The number of ether oxygens (including phenoxy) is 11. The van der Waals surface area contributed by atoms with Gasteiger partial charge in [-0.3, -0.25) is 18.9 Å². The molecule has 0 fully saturated rings. The molecule has 23 nitrogen and oxygen atoms in total. The monoisotopic (exact) mass is 1050 g/mol. The Labute approximate surface area is 423 Å². The normalized spacial score (nSPS) is 12.3. The number of nitrogen functional groups attached to an aromatic ring is 1. The smallest absolute Gasteiger partial charge is 0.305 e. The zero-order chi connectivity index (χ0) is 51.9. The minimum Gasteiger partial charge on any atom is -0.481 e. The zero-order valence-corrected chi connectivity index (χ0v) is 42.8. The van der Waals surface area contributed by atoms with Gasteiger partial charge in [0.2, 0.25) is 5.91 Å². The highest BCUT2D eigenvalue weighted by Gasteiger charge is 2.27. The number of nitrogens with two attached hydrogens (primary N) is 1. The highest BCUT2D eigenvalue weighted by atomic mass is 32.2. The Bertz CT molecular complexity index is 2040. The number of unbranched alkanes of at least 4 members (excludes halogenated alkanes) is 2. The Morgan fingerprint density at radius 2 is 1.08 bits per heavy atom. The van der Waals surface area contributed by atoms with Crippen molar-refractivity contribution >= 4 is 55.5 Å². The molecule has 0 bridgehead atoms. The molecule has 2 aromatic heterocycles. The molecule has 24 heteroatoms. The van der Waals surface area contributed by atoms with E-state index in [4.69, 9.17) is 67.9 Å². The molecule has 72 heavy (non-hydrogen) atoms. The van der Waals surface area contributed by atoms with E-state index in [0.717, 1.165) is 41.5 Å². The number of carbonyl (C=O) groups excluding carboxylic acids is 2. The molecule has 410 valence electrons. The molecule has 1 amide bonds. The molecule has 0 aliphatic rings. The summed E-state index contributed by atoms with van der Waals surface area (Å²) in [5.74, 6) is -2.68. The predicted molar refractivity (Wildman–Crippen MR) is 266 cm³/mol. The summed E-state index contributed by atoms with van der Waals surface area (Å²) >= 11 is 0. The number of aryl methyl sites for hydroxylation is 2. The number of pyridine rings is 1. The first kappa shape index (κ1) is 62.3. The topological polar surface area (TPSA) is 296 Å². The van der Waals surface area contributed by atoms with Gasteiger partial charge in [-0.25, -0.2) is 9.97 Å². The first-order valence-corrected chi connectivity index (χ1v) is 26.5. The van der Waals surface area contributed by atoms with Crippen molar-refractivity contribution in [1.29, 1.82) is 0 Å². The minimum absolute atomic E-state index is 0.0201. The average Bonchev–Trinajstić information content (AvgIpc) is 3.72. The minimum atomic E-state index is -4.52. The van der Waals surface area contributed by atoms with Gasteiger partial charge in [0.25, 0.3) is 10.1 Å². The molecule has 5 N–H and O–H groups in total. The zero-order valence-electron chi connectivity index (χ0n) is 42.0. The van der Waals surface area contributed by atoms with E-state index in [9.17, 15) is 27.4 Å². The van der Waals surface area contributed by atoms with Crippen LogP contribution in [0.3, 0.4) is 0 Å². The summed E-state index contributed by atoms with van der Waals surface area (Å²) in [5, 5.41) is 12.2. The maximum atomic E-state index is 13.0. The number of rotatable bonds is 49. The van der Waals surface area contributed by atoms with Gasteiger partial charge in [-0.2, -0.15) is 8.42 Å². The maximum absolute atomic E-state index is 13.0. The number of nitrogens with zero attached hydrogens (tertiary/aromatic N) is 3. The molecule has 2 heterocycles. The van der Waals surface area contributed by atoms with Crippen LogP contribution in [0.15, 0.2) is 24.3 Å². The number of carboxylic acids is 1. The van der Waals surface area contributed by atoms with Crippen LogP contribution in [-0.4, -0.2) is 208 Å². The number of Topliss-reactive ketones (excluding diaryl/α,β-unsaturated/α-hetero) is 1. The highest BCUT2D eigenvalue weighted by Crippen LogP contribution is 2.29. The molecule has 3 rings (SSSR count). The molecule has 0 radical (unpaired) electrons. The fourth-order valence-corrected chi connectivity index (χ4v) is 7.71. The Hall–Kier alpha value is -4.02. The second kappa shape index (κ2) is 39.4. The molecule has 0 aliphatic carbocycles. The number of hydrogen-bond donors (Lipinski definition) is 4. The SMILES string of the molecule is CCCCc1nc2c(N)nc3ccccc3c2n1CCCCNC(=O)[C@@H](CC(=O)CCOCCOCCOCCOCCOCCOCCOCCOCCOCCOCCOCCC(=O)O)CS(=O)(=O)O. The van der Waals surface area contributed by atoms with Gasteiger partial charge in [0.1, 0.15) is 17.1 Å². The highest BCUT2D eigenvalue weighted by molar-refractivity contribution is 7.85. The molecule has 0 saturated heterocycles. The number of amides is 1. The Morgan fingerprint density at radius 3 is 1.53 bits per heavy atom. The maximum Gasteiger partial charge on any atom is 0.305 e. The molecule has 3 aromatic rings. The Morgan fingerprint density at radius 1 is 0.639 bits per heavy atom. The van der Waals surface area contributed by atoms with E-state index in [1.165, 1.54) is 0 Å². The van der Waals surface area contributed by atoms with E-state index in [2.05, 4.69) is 21.8 Å². The van der Waals surface area contributed by atoms with Gasteiger partial charge in [0, 0.05) is 37.7 Å². The lowest BCUT2D eigenvalue weighted by Crippen LogP contribution is -2.36. The van der Waals surface area contributed by atoms with Crippen molar-refractivity contribution < 1.29 is 84.6 Å². The third-order valence-corrected chi connectivity index (χ3v) is 11.3. The first-order chi connectivity index (χ1) is 35.0. The molecule has 0 unspecified atom stereocenters. The van der Waals surface area contributed by atoms with Crippen molar-refractivity contribution in [2.24, 2.45) is 5.92 Å². The number of ketones is 1. The largest absolute Gasteiger partial charge is 0.481 e. The predicted octanol–water partition coefficient (Wildman–Crippen LogP) is 2.92. The number of para-hydroxylation sites is 1. The van der Waals surface area contributed by atoms with E-state index in [1.54, 1.807) is 0 Å². The van der Waals surface area contributed by atoms with Gasteiger partial charge < -0.3 is 72.8 Å². The number of imidazole rings is 1. The lowest BCUT2D eigenvalue weighted by atomic mass is 10.0. The summed E-state index contributed by atoms with van der Waals surface area (Å²) in [6.45, 7) is 11.2. The summed E-state index contributed by atoms with van der Waals surface area (Å²) in [5.41, 5.74) is 8.69. The van der Waals surface area contributed by atoms with Crippen molar-refractivity contribution in [2.75, 3.05) is 163 Å². The molecule has 1 aromatic carbocycles. The van der Waals surface area contributed by atoms with Crippen LogP contribution >= 0.6 is 0 Å². The van der Waals surface area contributed by atoms with Gasteiger partial charge in [0.15, 0.2) is 5.82 Å². The van der Waals surface area contributed by atoms with E-state index in [-0.39, 0.29) is 58.0 Å². The number of benzene rings is 1. The molecular formula is C48H79N5O18S. The molecule has 0 spiro atoms. The summed E-state index contributed by atoms with van der Waals surface area (Å²) in [4.78, 5) is 45.5. The third kappa shape index (κ3) is 29.0. The van der Waals surface area contributed by atoms with Crippen molar-refractivity contribution in [1.82, 2.24) is 19.9 Å². The van der Waals surface area contributed by atoms with E-state index in [1.807, 2.05) is 24.3 Å². The van der Waals surface area contributed by atoms with Crippen LogP contribution in [0.1, 0.15) is 57.7 Å². The van der Waals surface area contributed by atoms with E-state index < -0.39 is 33.7 Å². The fourth-order valence-electron chi connectivity index (χ4n) is 6.93. The second-order valence-corrected chi connectivity index (χ2v) is 17.8. The summed E-state index contributed by atoms with van der Waals surface area (Å²) in [6, 6.07) is 7.78. The first-order valence-electron chi connectivity index (χ1n) is 24.8. The molecule has 1 atom stereocenters. The summed E-state index contributed by atoms with van der Waals surface area (Å²) in [7, 11) is -4.52. The second-order valence-electron chi connectivity index (χ2n) is 16.3. The number of hydrogen-bond acceptors (Lipinski definition) is 19. The number of anilines is 1. The Balaban J connectivity index is 1.09. The lowest BCUT2D eigenvalue weighted by molar-refractivity contribution is -0.138. The van der Waals surface area contributed by atoms with Crippen molar-refractivity contribution in [3.8, 4) is 0 Å². The van der Waals surface area contributed by atoms with Gasteiger partial charge in [-0.05, 0) is 25.3 Å². The van der Waals surface area contributed by atoms with Gasteiger partial charge in [0.05, 0.1) is 174 Å². The number of nitrogens with one attached hydrogen (secondary N) is 1. The van der Waals surface area contributed by atoms with E-state index >= 15 is 0 Å². The quantitative estimate of drug-likeness (QED) is 0.0467. The number of aromatic nitrogens is 3. The van der Waals surface area contributed by atoms with Gasteiger partial charge in [-0.15, -0.1) is 0 Å². The number of carboxylic acid groups (broad SMARTS) is 1. The number of fused-ring (bicyclic) bond motifs is 3. The number of aliphatic carboxylic acids is 1. The molecule has 0 aliphatic heterocycles. The Kier molecular flexibility index (Phi) is 34.1. The van der Waals surface area contributed by atoms with Crippen molar-refractivity contribution in [3.63, 3.8) is 0 Å². The van der Waals surface area contributed by atoms with Crippen LogP contribution in [0.4, 0.5) is 5.82 Å². The van der Waals surface area contributed by atoms with Crippen LogP contribution in [0, 0.1) is 5.92 Å². The fraction of sp³-hybridized carbons (Fsp3) is 0.729. The summed E-state index contributed by atoms with van der Waals surface area (Å²) in [6.07, 6.45) is 3.60. The summed E-state index contributed by atoms with van der Waals surface area (Å²) < 4.78 is 94.9.